The van der Waals surface area contributed by atoms with Gasteiger partial charge in [-0.15, -0.1) is 11.3 Å². The molecule has 0 aliphatic heterocycles. The number of nitrogens with zero attached hydrogens (tertiary/aromatic N) is 4. The first kappa shape index (κ1) is 21.1. The number of benzene rings is 2. The van der Waals surface area contributed by atoms with Crippen LogP contribution in [-0.2, 0) is 6.54 Å². The number of methoxy groups -OCH3 is 1. The number of halogens is 1. The van der Waals surface area contributed by atoms with Crippen LogP contribution < -0.4 is 10.1 Å². The highest BCUT2D eigenvalue weighted by atomic mass is 32.1. The topological polar surface area (TPSA) is 64.9 Å². The van der Waals surface area contributed by atoms with Crippen molar-refractivity contribution in [3.63, 3.8) is 0 Å². The van der Waals surface area contributed by atoms with Crippen molar-refractivity contribution in [1.29, 1.82) is 0 Å². The molecule has 0 aliphatic carbocycles. The summed E-state index contributed by atoms with van der Waals surface area (Å²) in [5, 5.41) is 6.14. The number of nitrogens with one attached hydrogen (secondary N) is 1. The van der Waals surface area contributed by atoms with Crippen molar-refractivity contribution in [2.24, 2.45) is 0 Å². The smallest absolute Gasteiger partial charge is 0.147 e. The number of aromatic nitrogens is 4. The normalized spacial score (nSPS) is 11.1. The Labute approximate surface area is 194 Å². The highest BCUT2D eigenvalue weighted by molar-refractivity contribution is 7.07. The molecule has 0 radical (unpaired) electrons. The molecule has 0 saturated carbocycles. The predicted octanol–water partition coefficient (Wildman–Crippen LogP) is 5.79. The van der Waals surface area contributed by atoms with Crippen molar-refractivity contribution in [2.75, 3.05) is 19.0 Å². The van der Waals surface area contributed by atoms with Crippen LogP contribution in [0.4, 0.5) is 10.2 Å². The van der Waals surface area contributed by atoms with Crippen LogP contribution in [-0.4, -0.2) is 33.2 Å². The summed E-state index contributed by atoms with van der Waals surface area (Å²) in [6.45, 7) is 3.14. The van der Waals surface area contributed by atoms with Gasteiger partial charge in [0.25, 0.3) is 0 Å². The number of hydrogen-bond donors (Lipinski definition) is 1. The number of thiazole rings is 1. The molecule has 3 aromatic heterocycles. The molecule has 0 unspecified atom stereocenters. The lowest BCUT2D eigenvalue weighted by Crippen LogP contribution is -2.13. The average molecular weight is 460 g/mol. The van der Waals surface area contributed by atoms with Crippen molar-refractivity contribution in [2.45, 2.75) is 13.5 Å². The van der Waals surface area contributed by atoms with Crippen molar-refractivity contribution in [3.8, 4) is 28.3 Å². The fourth-order valence-electron chi connectivity index (χ4n) is 3.98. The summed E-state index contributed by atoms with van der Waals surface area (Å²) >= 11 is 1.58. The quantitative estimate of drug-likeness (QED) is 0.334. The van der Waals surface area contributed by atoms with E-state index in [0.717, 1.165) is 39.4 Å². The summed E-state index contributed by atoms with van der Waals surface area (Å²) in [4.78, 5) is 13.1. The Morgan fingerprint density at radius 2 is 1.79 bits per heavy atom. The van der Waals surface area contributed by atoms with Crippen molar-refractivity contribution < 1.29 is 9.13 Å². The van der Waals surface area contributed by atoms with Crippen LogP contribution in [0.1, 0.15) is 5.69 Å². The zero-order valence-electron chi connectivity index (χ0n) is 18.2. The van der Waals surface area contributed by atoms with Gasteiger partial charge in [0, 0.05) is 46.7 Å². The molecule has 8 heteroatoms. The number of hydrogen-bond acceptors (Lipinski definition) is 6. The number of aryl methyl sites for hydroxylation is 1. The Kier molecular flexibility index (Phi) is 5.75. The summed E-state index contributed by atoms with van der Waals surface area (Å²) in [5.41, 5.74) is 7.23. The first-order chi connectivity index (χ1) is 16.1. The highest BCUT2D eigenvalue weighted by Crippen LogP contribution is 2.31. The first-order valence-corrected chi connectivity index (χ1v) is 11.5. The molecule has 5 aromatic rings. The van der Waals surface area contributed by atoms with E-state index in [4.69, 9.17) is 4.74 Å². The van der Waals surface area contributed by atoms with Crippen molar-refractivity contribution in [3.05, 3.63) is 77.3 Å². The molecule has 166 valence electrons. The molecule has 6 nitrogen and oxygen atoms in total. The summed E-state index contributed by atoms with van der Waals surface area (Å²) in [7, 11) is 1.60. The summed E-state index contributed by atoms with van der Waals surface area (Å²) in [6, 6.07) is 15.1. The second-order valence-corrected chi connectivity index (χ2v) is 8.33. The molecule has 0 bridgehead atoms. The van der Waals surface area contributed by atoms with E-state index >= 15 is 0 Å². The molecular formula is C25H22FN5OS. The van der Waals surface area contributed by atoms with E-state index in [0.29, 0.717) is 24.4 Å². The standard InChI is InChI=1S/C25H22FN5OS/c1-16-11-19-23(32-2)8-7-20(26)25(19)31(16)10-9-27-24-12-21(28-14-29-24)17-3-5-18(6-4-17)22-13-33-15-30-22/h3-8,11-15H,9-10H2,1-2H3,(H,27,28,29). The van der Waals surface area contributed by atoms with E-state index in [-0.39, 0.29) is 5.82 Å². The highest BCUT2D eigenvalue weighted by Gasteiger charge is 2.14. The maximum Gasteiger partial charge on any atom is 0.147 e. The minimum absolute atomic E-state index is 0.260. The maximum atomic E-state index is 14.6. The minimum Gasteiger partial charge on any atom is -0.496 e. The third kappa shape index (κ3) is 4.17. The zero-order chi connectivity index (χ0) is 22.8. The fourth-order valence-corrected chi connectivity index (χ4v) is 4.54. The maximum absolute atomic E-state index is 14.6. The Morgan fingerprint density at radius 1 is 1.00 bits per heavy atom. The van der Waals surface area contributed by atoms with Crippen LogP contribution in [0.2, 0.25) is 0 Å². The molecule has 0 fully saturated rings. The lowest BCUT2D eigenvalue weighted by atomic mass is 10.1. The van der Waals surface area contributed by atoms with E-state index < -0.39 is 0 Å². The first-order valence-electron chi connectivity index (χ1n) is 10.5. The van der Waals surface area contributed by atoms with Gasteiger partial charge in [0.15, 0.2) is 0 Å². The molecule has 0 spiro atoms. The lowest BCUT2D eigenvalue weighted by molar-refractivity contribution is 0.419. The number of rotatable bonds is 7. The van der Waals surface area contributed by atoms with Gasteiger partial charge in [0.05, 0.1) is 29.5 Å². The lowest BCUT2D eigenvalue weighted by Gasteiger charge is -2.12. The molecule has 0 saturated heterocycles. The molecule has 0 aliphatic rings. The van der Waals surface area contributed by atoms with Gasteiger partial charge < -0.3 is 14.6 Å². The van der Waals surface area contributed by atoms with E-state index in [1.165, 1.54) is 6.07 Å². The molecule has 1 N–H and O–H groups in total. The summed E-state index contributed by atoms with van der Waals surface area (Å²) < 4.78 is 21.9. The van der Waals surface area contributed by atoms with Crippen LogP contribution in [0.15, 0.2) is 65.7 Å². The molecule has 0 atom stereocenters. The number of anilines is 1. The van der Waals surface area contributed by atoms with Crippen LogP contribution in [0.3, 0.4) is 0 Å². The van der Waals surface area contributed by atoms with Gasteiger partial charge >= 0.3 is 0 Å². The molecule has 3 heterocycles. The van der Waals surface area contributed by atoms with Gasteiger partial charge in [-0.2, -0.15) is 0 Å². The molecule has 5 rings (SSSR count). The van der Waals surface area contributed by atoms with E-state index in [9.17, 15) is 4.39 Å². The monoisotopic (exact) mass is 459 g/mol. The van der Waals surface area contributed by atoms with Crippen molar-refractivity contribution in [1.82, 2.24) is 19.5 Å². The minimum atomic E-state index is -0.260. The molecular weight excluding hydrogens is 437 g/mol. The largest absolute Gasteiger partial charge is 0.496 e. The Bertz CT molecular complexity index is 1400. The molecule has 0 amide bonds. The van der Waals surface area contributed by atoms with Crippen LogP contribution >= 0.6 is 11.3 Å². The molecule has 33 heavy (non-hydrogen) atoms. The number of fused-ring (bicyclic) bond motifs is 1. The average Bonchev–Trinajstić information content (AvgIpc) is 3.49. The van der Waals surface area contributed by atoms with E-state index in [1.807, 2.05) is 58.8 Å². The number of ether oxygens (including phenoxy) is 1. The van der Waals surface area contributed by atoms with Gasteiger partial charge in [-0.05, 0) is 25.1 Å². The van der Waals surface area contributed by atoms with Crippen LogP contribution in [0.5, 0.6) is 5.75 Å². The molecule has 2 aromatic carbocycles. The third-order valence-corrected chi connectivity index (χ3v) is 6.20. The van der Waals surface area contributed by atoms with E-state index in [1.54, 1.807) is 30.8 Å². The third-order valence-electron chi connectivity index (χ3n) is 5.61. The summed E-state index contributed by atoms with van der Waals surface area (Å²) in [6.07, 6.45) is 1.55. The SMILES string of the molecule is COc1ccc(F)c2c1cc(C)n2CCNc1cc(-c2ccc(-c3cscn3)cc2)ncn1. The van der Waals surface area contributed by atoms with Crippen LogP contribution in [0, 0.1) is 12.7 Å². The Balaban J connectivity index is 1.31. The van der Waals surface area contributed by atoms with Gasteiger partial charge in [0.1, 0.15) is 23.7 Å². The van der Waals surface area contributed by atoms with Crippen molar-refractivity contribution >= 4 is 28.1 Å². The second kappa shape index (κ2) is 8.99. The van der Waals surface area contributed by atoms with Gasteiger partial charge in [-0.25, -0.2) is 19.3 Å². The summed E-state index contributed by atoms with van der Waals surface area (Å²) in [5.74, 6) is 1.13. The Hall–Kier alpha value is -3.78. The van der Waals surface area contributed by atoms with E-state index in [2.05, 4.69) is 20.3 Å². The van der Waals surface area contributed by atoms with Gasteiger partial charge in [-0.3, -0.25) is 0 Å². The van der Waals surface area contributed by atoms with Crippen LogP contribution in [0.25, 0.3) is 33.4 Å². The predicted molar refractivity (Wildman–Crippen MR) is 130 cm³/mol. The second-order valence-electron chi connectivity index (χ2n) is 7.62. The zero-order valence-corrected chi connectivity index (χ0v) is 19.1. The fraction of sp³-hybridized carbons (Fsp3) is 0.160. The Morgan fingerprint density at radius 3 is 2.52 bits per heavy atom. The van der Waals surface area contributed by atoms with Gasteiger partial charge in [0.2, 0.25) is 0 Å². The van der Waals surface area contributed by atoms with Gasteiger partial charge in [-0.1, -0.05) is 24.3 Å².